The number of nitrogens with one attached hydrogen (secondary N) is 4. The molecule has 13 heteroatoms. The first kappa shape index (κ1) is 54.0. The van der Waals surface area contributed by atoms with Crippen LogP contribution in [-0.2, 0) is 20.8 Å². The number of carboxylic acid groups (broad SMARTS) is 1. The monoisotopic (exact) mass is 819 g/mol. The van der Waals surface area contributed by atoms with Gasteiger partial charge in [-0.1, -0.05) is 69.9 Å². The molecule has 0 radical (unpaired) electrons. The first-order valence-electron chi connectivity index (χ1n) is 20.7. The molecule has 7 N–H and O–H groups in total. The zero-order chi connectivity index (χ0) is 44.4. The van der Waals surface area contributed by atoms with E-state index >= 15 is 0 Å². The molecule has 1 saturated heterocycles. The maximum Gasteiger partial charge on any atom is 0.290 e. The highest BCUT2D eigenvalue weighted by Crippen LogP contribution is 2.24. The van der Waals surface area contributed by atoms with Crippen molar-refractivity contribution in [2.75, 3.05) is 52.9 Å². The molecule has 3 heterocycles. The topological polar surface area (TPSA) is 190 Å². The molecule has 0 saturated carbocycles. The van der Waals surface area contributed by atoms with Crippen molar-refractivity contribution in [3.63, 3.8) is 0 Å². The average molecular weight is 819 g/mol. The summed E-state index contributed by atoms with van der Waals surface area (Å²) in [6, 6.07) is 7.17. The second kappa shape index (κ2) is 34.0. The quantitative estimate of drug-likeness (QED) is 0.0419. The number of allylic oxidation sites excluding steroid dienone is 4. The van der Waals surface area contributed by atoms with Gasteiger partial charge in [-0.2, -0.15) is 5.10 Å². The number of carbonyl (C=O) groups is 3. The zero-order valence-electron chi connectivity index (χ0n) is 36.7. The average Bonchev–Trinajstić information content (AvgIpc) is 3.72. The number of nitrogens with zero attached hydrogens (tertiary/aromatic N) is 3. The molecular formula is C46H74N8O5. The fourth-order valence-electron chi connectivity index (χ4n) is 6.98. The highest BCUT2D eigenvalue weighted by Gasteiger charge is 2.24. The molecule has 1 amide bonds. The van der Waals surface area contributed by atoms with Gasteiger partial charge < -0.3 is 36.2 Å². The van der Waals surface area contributed by atoms with Crippen LogP contribution in [0.2, 0.25) is 0 Å². The number of hydrogen-bond acceptors (Lipinski definition) is 9. The Morgan fingerprint density at radius 2 is 1.66 bits per heavy atom. The number of rotatable bonds is 20. The number of nitrogens with two attached hydrogens (primary N) is 1. The summed E-state index contributed by atoms with van der Waals surface area (Å²) in [5.74, 6) is 0.0270. The number of benzene rings is 1. The standard InChI is InChI=1S/C35H52N8O2.C6H10.C3H8.CH2O2.CH2O/c1-5-27-22-32(35(45)40-33(27)6-2)28(7-12-36)8-13-38-30(21-26-19-25(3)34-29(20-26)23-39-41-34)9-17-43(18-14-37-24-44)31-10-15-42(4)16-11-31;1-3-5-6-4-2;1-3-2;2-1-3;1-2/h5-6,19-20,22-24,28,30-31,38H,1-2,7-18,21,36H2,3-4H3,(H,37,44)(H,39,41)(H,40,45);3-6H,1-2H3;3H2,1-2H3;1H,(H,2,3);1H2/b;5-3-,6-4-;;;. The summed E-state index contributed by atoms with van der Waals surface area (Å²) in [5, 5.41) is 22.1. The van der Waals surface area contributed by atoms with E-state index in [4.69, 9.17) is 20.4 Å². The number of piperidine rings is 1. The van der Waals surface area contributed by atoms with E-state index in [0.29, 0.717) is 24.8 Å². The molecule has 13 nitrogen and oxygen atoms in total. The van der Waals surface area contributed by atoms with Crippen molar-refractivity contribution in [2.45, 2.75) is 97.6 Å². The number of aryl methyl sites for hydroxylation is 1. The van der Waals surface area contributed by atoms with Gasteiger partial charge >= 0.3 is 0 Å². The van der Waals surface area contributed by atoms with E-state index in [-0.39, 0.29) is 24.0 Å². The number of likely N-dealkylation sites (tertiary alicyclic amines) is 1. The first-order valence-corrected chi connectivity index (χ1v) is 20.7. The molecule has 2 unspecified atom stereocenters. The lowest BCUT2D eigenvalue weighted by atomic mass is 9.91. The van der Waals surface area contributed by atoms with Crippen molar-refractivity contribution in [3.8, 4) is 0 Å². The van der Waals surface area contributed by atoms with Crippen LogP contribution in [0, 0.1) is 6.92 Å². The molecule has 1 aliphatic heterocycles. The van der Waals surface area contributed by atoms with Crippen molar-refractivity contribution in [3.05, 3.63) is 100 Å². The van der Waals surface area contributed by atoms with E-state index in [1.54, 1.807) is 12.2 Å². The molecule has 0 spiro atoms. The van der Waals surface area contributed by atoms with Gasteiger partial charge in [-0.3, -0.25) is 24.4 Å². The fraction of sp³-hybridized carbons (Fsp3) is 0.500. The van der Waals surface area contributed by atoms with E-state index in [1.165, 1.54) is 17.5 Å². The van der Waals surface area contributed by atoms with Gasteiger partial charge in [0.2, 0.25) is 6.41 Å². The Labute approximate surface area is 353 Å². The van der Waals surface area contributed by atoms with E-state index in [1.807, 2.05) is 57.2 Å². The highest BCUT2D eigenvalue weighted by molar-refractivity contribution is 5.81. The molecule has 2 aromatic heterocycles. The molecule has 0 bridgehead atoms. The zero-order valence-corrected chi connectivity index (χ0v) is 36.7. The van der Waals surface area contributed by atoms with E-state index in [0.717, 1.165) is 99.7 Å². The van der Waals surface area contributed by atoms with Gasteiger partial charge in [0.25, 0.3) is 12.0 Å². The SMILES string of the molecule is C/C=C\C=C/C.C=Cc1cc(C(CCN)CCNC(CCN(CCNC=O)C2CCN(C)CC2)Cc2cc(C)c3[nH]ncc3c2)c(=O)[nH]c1C=C.C=O.CCC.O=CO. The van der Waals surface area contributed by atoms with Crippen molar-refractivity contribution in [1.29, 1.82) is 0 Å². The molecule has 328 valence electrons. The van der Waals surface area contributed by atoms with E-state index < -0.39 is 0 Å². The van der Waals surface area contributed by atoms with Crippen LogP contribution < -0.4 is 21.9 Å². The number of hydrogen-bond donors (Lipinski definition) is 6. The number of aromatic nitrogens is 3. The van der Waals surface area contributed by atoms with Gasteiger partial charge in [-0.15, -0.1) is 0 Å². The van der Waals surface area contributed by atoms with Crippen LogP contribution in [0.4, 0.5) is 0 Å². The number of H-pyrrole nitrogens is 2. The van der Waals surface area contributed by atoms with Crippen LogP contribution in [-0.4, -0.2) is 115 Å². The molecule has 1 fully saturated rings. The van der Waals surface area contributed by atoms with Gasteiger partial charge in [-0.25, -0.2) is 0 Å². The maximum absolute atomic E-state index is 13.1. The van der Waals surface area contributed by atoms with Gasteiger partial charge in [0.15, 0.2) is 0 Å². The summed E-state index contributed by atoms with van der Waals surface area (Å²) >= 11 is 0. The Hall–Kier alpha value is -4.95. The molecule has 1 aliphatic rings. The van der Waals surface area contributed by atoms with Crippen LogP contribution >= 0.6 is 0 Å². The van der Waals surface area contributed by atoms with E-state index in [2.05, 4.69) is 88.7 Å². The van der Waals surface area contributed by atoms with Crippen molar-refractivity contribution >= 4 is 42.7 Å². The molecule has 2 atom stereocenters. The van der Waals surface area contributed by atoms with Crippen LogP contribution in [0.3, 0.4) is 0 Å². The van der Waals surface area contributed by atoms with E-state index in [9.17, 15) is 9.59 Å². The normalized spacial score (nSPS) is 13.8. The van der Waals surface area contributed by atoms with Gasteiger partial charge in [-0.05, 0) is 140 Å². The highest BCUT2D eigenvalue weighted by atomic mass is 16.3. The molecule has 1 aromatic carbocycles. The van der Waals surface area contributed by atoms with Gasteiger partial charge in [0, 0.05) is 41.8 Å². The third kappa shape index (κ3) is 21.0. The number of fused-ring (bicyclic) bond motifs is 1. The van der Waals surface area contributed by atoms with Crippen LogP contribution in [0.5, 0.6) is 0 Å². The number of pyridine rings is 1. The lowest BCUT2D eigenvalue weighted by Gasteiger charge is -2.38. The minimum absolute atomic E-state index is 0.0270. The van der Waals surface area contributed by atoms with Gasteiger partial charge in [0.1, 0.15) is 6.79 Å². The molecular weight excluding hydrogens is 745 g/mol. The first-order chi connectivity index (χ1) is 28.6. The second-order valence-electron chi connectivity index (χ2n) is 14.3. The summed E-state index contributed by atoms with van der Waals surface area (Å²) in [5.41, 5.74) is 11.8. The van der Waals surface area contributed by atoms with Crippen LogP contribution in [0.25, 0.3) is 23.1 Å². The Balaban J connectivity index is 0.00000209. The molecule has 3 aromatic rings. The predicted octanol–water partition coefficient (Wildman–Crippen LogP) is 6.47. The Morgan fingerprint density at radius 3 is 2.22 bits per heavy atom. The van der Waals surface area contributed by atoms with Crippen LogP contribution in [0.1, 0.15) is 100 Å². The lowest BCUT2D eigenvalue weighted by Crippen LogP contribution is -2.47. The van der Waals surface area contributed by atoms with Gasteiger partial charge in [0.05, 0.1) is 11.7 Å². The minimum atomic E-state index is -0.250. The Kier molecular flexibility index (Phi) is 31.1. The molecule has 0 aliphatic carbocycles. The summed E-state index contributed by atoms with van der Waals surface area (Å²) in [4.78, 5) is 48.3. The van der Waals surface area contributed by atoms with Crippen LogP contribution in [0.15, 0.2) is 66.7 Å². The largest absolute Gasteiger partial charge is 0.483 e. The summed E-state index contributed by atoms with van der Waals surface area (Å²) in [7, 11) is 2.19. The van der Waals surface area contributed by atoms with Crippen molar-refractivity contribution in [2.24, 2.45) is 5.73 Å². The molecule has 4 rings (SSSR count). The molecule has 59 heavy (non-hydrogen) atoms. The number of amides is 1. The summed E-state index contributed by atoms with van der Waals surface area (Å²) in [6.07, 6.45) is 21.0. The Morgan fingerprint density at radius 1 is 1.02 bits per heavy atom. The minimum Gasteiger partial charge on any atom is -0.483 e. The lowest BCUT2D eigenvalue weighted by molar-refractivity contribution is -0.122. The smallest absolute Gasteiger partial charge is 0.290 e. The second-order valence-corrected chi connectivity index (χ2v) is 14.3. The predicted molar refractivity (Wildman–Crippen MR) is 247 cm³/mol. The maximum atomic E-state index is 13.1. The summed E-state index contributed by atoms with van der Waals surface area (Å²) in [6.45, 7) is 25.7. The summed E-state index contributed by atoms with van der Waals surface area (Å²) < 4.78 is 0. The third-order valence-electron chi connectivity index (χ3n) is 9.82. The van der Waals surface area contributed by atoms with Crippen molar-refractivity contribution < 1.29 is 19.5 Å². The number of carbonyl (C=O) groups excluding carboxylic acids is 2. The number of aromatic amines is 2. The van der Waals surface area contributed by atoms with Crippen molar-refractivity contribution in [1.82, 2.24) is 35.6 Å². The Bertz CT molecular complexity index is 1700. The fourth-order valence-corrected chi connectivity index (χ4v) is 6.98. The third-order valence-corrected chi connectivity index (χ3v) is 9.82.